The van der Waals surface area contributed by atoms with E-state index in [0.29, 0.717) is 6.61 Å². The van der Waals surface area contributed by atoms with E-state index in [4.69, 9.17) is 9.47 Å². The van der Waals surface area contributed by atoms with E-state index in [0.717, 1.165) is 19.4 Å². The van der Waals surface area contributed by atoms with Crippen LogP contribution in [-0.2, 0) is 9.47 Å². The third kappa shape index (κ3) is 6.16. The molecule has 1 aromatic carbocycles. The van der Waals surface area contributed by atoms with Gasteiger partial charge >= 0.3 is 0 Å². The predicted molar refractivity (Wildman–Crippen MR) is 88.6 cm³/mol. The number of benzene rings is 1. The SMILES string of the molecule is CCNC(c1ccccc1)C(CC)OCCC(C)(C)OC. The zero-order chi connectivity index (χ0) is 15.7. The van der Waals surface area contributed by atoms with Crippen molar-refractivity contribution in [2.45, 2.75) is 58.3 Å². The van der Waals surface area contributed by atoms with Crippen LogP contribution in [0.15, 0.2) is 30.3 Å². The van der Waals surface area contributed by atoms with Gasteiger partial charge in [-0.3, -0.25) is 0 Å². The predicted octanol–water partition coefficient (Wildman–Crippen LogP) is 3.95. The summed E-state index contributed by atoms with van der Waals surface area (Å²) in [6.45, 7) is 10.2. The lowest BCUT2D eigenvalue weighted by molar-refractivity contribution is -0.0360. The highest BCUT2D eigenvalue weighted by molar-refractivity contribution is 5.20. The first-order chi connectivity index (χ1) is 10.0. The molecule has 0 fully saturated rings. The number of likely N-dealkylation sites (N-methyl/N-ethyl adjacent to an activating group) is 1. The molecule has 0 radical (unpaired) electrons. The van der Waals surface area contributed by atoms with Gasteiger partial charge in [-0.25, -0.2) is 0 Å². The summed E-state index contributed by atoms with van der Waals surface area (Å²) in [7, 11) is 1.75. The first kappa shape index (κ1) is 18.1. The van der Waals surface area contributed by atoms with Crippen molar-refractivity contribution in [3.63, 3.8) is 0 Å². The molecule has 0 aliphatic heterocycles. The van der Waals surface area contributed by atoms with Crippen molar-refractivity contribution < 1.29 is 9.47 Å². The maximum atomic E-state index is 6.16. The number of hydrogen-bond acceptors (Lipinski definition) is 3. The Balaban J connectivity index is 2.66. The maximum absolute atomic E-state index is 6.16. The van der Waals surface area contributed by atoms with E-state index in [2.05, 4.69) is 63.3 Å². The normalized spacial score (nSPS) is 14.9. The van der Waals surface area contributed by atoms with Crippen LogP contribution < -0.4 is 5.32 Å². The molecule has 1 N–H and O–H groups in total. The second-order valence-electron chi connectivity index (χ2n) is 5.98. The largest absolute Gasteiger partial charge is 0.379 e. The molecule has 0 saturated heterocycles. The van der Waals surface area contributed by atoms with E-state index < -0.39 is 0 Å². The molecule has 0 aliphatic carbocycles. The molecule has 3 heteroatoms. The molecule has 0 aromatic heterocycles. The van der Waals surface area contributed by atoms with Crippen LogP contribution in [-0.4, -0.2) is 32.0 Å². The van der Waals surface area contributed by atoms with Crippen LogP contribution in [0.25, 0.3) is 0 Å². The lowest BCUT2D eigenvalue weighted by Gasteiger charge is -2.29. The van der Waals surface area contributed by atoms with Gasteiger partial charge in [0.2, 0.25) is 0 Å². The van der Waals surface area contributed by atoms with Gasteiger partial charge in [-0.2, -0.15) is 0 Å². The van der Waals surface area contributed by atoms with E-state index in [9.17, 15) is 0 Å². The highest BCUT2D eigenvalue weighted by Crippen LogP contribution is 2.23. The summed E-state index contributed by atoms with van der Waals surface area (Å²) in [4.78, 5) is 0. The Labute approximate surface area is 130 Å². The summed E-state index contributed by atoms with van der Waals surface area (Å²) in [5, 5.41) is 3.56. The van der Waals surface area contributed by atoms with E-state index in [1.807, 2.05) is 0 Å². The molecular weight excluding hydrogens is 262 g/mol. The van der Waals surface area contributed by atoms with Crippen molar-refractivity contribution >= 4 is 0 Å². The quantitative estimate of drug-likeness (QED) is 0.708. The smallest absolute Gasteiger partial charge is 0.0767 e. The van der Waals surface area contributed by atoms with Crippen LogP contribution >= 0.6 is 0 Å². The Kier molecular flexibility index (Phi) is 7.94. The van der Waals surface area contributed by atoms with Crippen LogP contribution in [0.3, 0.4) is 0 Å². The number of methoxy groups -OCH3 is 1. The average Bonchev–Trinajstić information content (AvgIpc) is 2.50. The van der Waals surface area contributed by atoms with E-state index in [1.165, 1.54) is 5.56 Å². The molecule has 1 aromatic rings. The van der Waals surface area contributed by atoms with Crippen molar-refractivity contribution in [2.75, 3.05) is 20.3 Å². The number of nitrogens with one attached hydrogen (secondary N) is 1. The van der Waals surface area contributed by atoms with Gasteiger partial charge in [0.15, 0.2) is 0 Å². The van der Waals surface area contributed by atoms with Gasteiger partial charge in [-0.05, 0) is 38.8 Å². The number of ether oxygens (including phenoxy) is 2. The Morgan fingerprint density at radius 2 is 1.81 bits per heavy atom. The molecule has 0 heterocycles. The standard InChI is InChI=1S/C18H31NO2/c1-6-16(21-14-13-18(3,4)20-5)17(19-7-2)15-11-9-8-10-12-15/h8-12,16-17,19H,6-7,13-14H2,1-5H3. The maximum Gasteiger partial charge on any atom is 0.0767 e. The number of rotatable bonds is 10. The van der Waals surface area contributed by atoms with Crippen molar-refractivity contribution in [2.24, 2.45) is 0 Å². The fourth-order valence-corrected chi connectivity index (χ4v) is 2.35. The average molecular weight is 293 g/mol. The molecule has 120 valence electrons. The Morgan fingerprint density at radius 1 is 1.14 bits per heavy atom. The molecule has 3 nitrogen and oxygen atoms in total. The fourth-order valence-electron chi connectivity index (χ4n) is 2.35. The summed E-state index contributed by atoms with van der Waals surface area (Å²) in [6, 6.07) is 10.8. The summed E-state index contributed by atoms with van der Waals surface area (Å²) in [6.07, 6.45) is 2.06. The Morgan fingerprint density at radius 3 is 2.33 bits per heavy atom. The van der Waals surface area contributed by atoms with Gasteiger partial charge in [-0.1, -0.05) is 44.2 Å². The minimum absolute atomic E-state index is 0.126. The van der Waals surface area contributed by atoms with Crippen LogP contribution in [0.5, 0.6) is 0 Å². The molecule has 21 heavy (non-hydrogen) atoms. The number of hydrogen-bond donors (Lipinski definition) is 1. The molecular formula is C18H31NO2. The Bertz CT molecular complexity index is 378. The minimum atomic E-state index is -0.126. The van der Waals surface area contributed by atoms with Crippen molar-refractivity contribution in [1.29, 1.82) is 0 Å². The van der Waals surface area contributed by atoms with Crippen LogP contribution in [0.1, 0.15) is 52.1 Å². The van der Waals surface area contributed by atoms with Crippen molar-refractivity contribution in [3.8, 4) is 0 Å². The van der Waals surface area contributed by atoms with Gasteiger partial charge in [0.05, 0.1) is 17.7 Å². The fraction of sp³-hybridized carbons (Fsp3) is 0.667. The molecule has 0 aliphatic rings. The monoisotopic (exact) mass is 293 g/mol. The van der Waals surface area contributed by atoms with Gasteiger partial charge in [0, 0.05) is 13.7 Å². The van der Waals surface area contributed by atoms with E-state index in [-0.39, 0.29) is 17.7 Å². The van der Waals surface area contributed by atoms with Crippen molar-refractivity contribution in [1.82, 2.24) is 5.32 Å². The van der Waals surface area contributed by atoms with Crippen LogP contribution in [0.4, 0.5) is 0 Å². The molecule has 0 amide bonds. The van der Waals surface area contributed by atoms with Crippen LogP contribution in [0.2, 0.25) is 0 Å². The van der Waals surface area contributed by atoms with E-state index in [1.54, 1.807) is 7.11 Å². The van der Waals surface area contributed by atoms with Gasteiger partial charge in [0.1, 0.15) is 0 Å². The minimum Gasteiger partial charge on any atom is -0.379 e. The third-order valence-corrected chi connectivity index (χ3v) is 3.95. The second-order valence-corrected chi connectivity index (χ2v) is 5.98. The molecule has 2 unspecified atom stereocenters. The zero-order valence-corrected chi connectivity index (χ0v) is 14.2. The summed E-state index contributed by atoms with van der Waals surface area (Å²) in [5.74, 6) is 0. The highest BCUT2D eigenvalue weighted by atomic mass is 16.5. The molecule has 2 atom stereocenters. The molecule has 0 saturated carbocycles. The zero-order valence-electron chi connectivity index (χ0n) is 14.2. The first-order valence-corrected chi connectivity index (χ1v) is 7.99. The van der Waals surface area contributed by atoms with Gasteiger partial charge < -0.3 is 14.8 Å². The Hall–Kier alpha value is -0.900. The second kappa shape index (κ2) is 9.19. The van der Waals surface area contributed by atoms with E-state index >= 15 is 0 Å². The summed E-state index contributed by atoms with van der Waals surface area (Å²) in [5.41, 5.74) is 1.16. The third-order valence-electron chi connectivity index (χ3n) is 3.95. The molecule has 1 rings (SSSR count). The lowest BCUT2D eigenvalue weighted by atomic mass is 9.99. The van der Waals surface area contributed by atoms with Gasteiger partial charge in [-0.15, -0.1) is 0 Å². The van der Waals surface area contributed by atoms with Gasteiger partial charge in [0.25, 0.3) is 0 Å². The topological polar surface area (TPSA) is 30.5 Å². The highest BCUT2D eigenvalue weighted by Gasteiger charge is 2.23. The van der Waals surface area contributed by atoms with Crippen LogP contribution in [0, 0.1) is 0 Å². The molecule has 0 spiro atoms. The van der Waals surface area contributed by atoms with Crippen molar-refractivity contribution in [3.05, 3.63) is 35.9 Å². The lowest BCUT2D eigenvalue weighted by Crippen LogP contribution is -2.35. The summed E-state index contributed by atoms with van der Waals surface area (Å²) < 4.78 is 11.6. The summed E-state index contributed by atoms with van der Waals surface area (Å²) >= 11 is 0. The first-order valence-electron chi connectivity index (χ1n) is 7.99. The molecule has 0 bridgehead atoms.